The zero-order valence-corrected chi connectivity index (χ0v) is 10.3. The molecule has 1 amide bonds. The lowest BCUT2D eigenvalue weighted by atomic mass is 10.2. The van der Waals surface area contributed by atoms with Crippen LogP contribution in [-0.4, -0.2) is 15.9 Å². The number of carbonyl (C=O) groups excluding carboxylic acids is 1. The van der Waals surface area contributed by atoms with Gasteiger partial charge in [0.15, 0.2) is 0 Å². The largest absolute Gasteiger partial charge is 0.311 e. The Hall–Kier alpha value is -2.23. The van der Waals surface area contributed by atoms with E-state index in [1.54, 1.807) is 18.5 Å². The van der Waals surface area contributed by atoms with Crippen molar-refractivity contribution in [2.45, 2.75) is 19.8 Å². The van der Waals surface area contributed by atoms with Crippen molar-refractivity contribution in [3.8, 4) is 0 Å². The monoisotopic (exact) mass is 241 g/mol. The number of nitrogens with zero attached hydrogens (tertiary/aromatic N) is 2. The first-order valence-corrected chi connectivity index (χ1v) is 5.86. The van der Waals surface area contributed by atoms with Crippen molar-refractivity contribution in [3.05, 3.63) is 54.0 Å². The van der Waals surface area contributed by atoms with Crippen LogP contribution in [0.5, 0.6) is 0 Å². The van der Waals surface area contributed by atoms with Gasteiger partial charge in [0.2, 0.25) is 5.91 Å². The predicted octanol–water partition coefficient (Wildman–Crippen LogP) is 2.36. The molecule has 4 heteroatoms. The van der Waals surface area contributed by atoms with Crippen LogP contribution >= 0.6 is 0 Å². The summed E-state index contributed by atoms with van der Waals surface area (Å²) < 4.78 is 0. The molecule has 0 aliphatic rings. The first-order valence-electron chi connectivity index (χ1n) is 5.86. The van der Waals surface area contributed by atoms with E-state index in [-0.39, 0.29) is 5.91 Å². The maximum Gasteiger partial charge on any atom is 0.225 e. The van der Waals surface area contributed by atoms with E-state index in [1.807, 2.05) is 31.2 Å². The third kappa shape index (κ3) is 3.66. The maximum absolute atomic E-state index is 11.7. The summed E-state index contributed by atoms with van der Waals surface area (Å²) in [5.74, 6) is 0.545. The number of anilines is 1. The molecule has 2 aromatic heterocycles. The van der Waals surface area contributed by atoms with E-state index in [0.717, 1.165) is 11.3 Å². The number of pyridine rings is 2. The summed E-state index contributed by atoms with van der Waals surface area (Å²) in [6, 6.07) is 9.41. The fourth-order valence-corrected chi connectivity index (χ4v) is 1.53. The number of hydrogen-bond acceptors (Lipinski definition) is 3. The smallest absolute Gasteiger partial charge is 0.225 e. The number of carbonyl (C=O) groups is 1. The third-order valence-electron chi connectivity index (χ3n) is 2.51. The Kier molecular flexibility index (Phi) is 4.02. The van der Waals surface area contributed by atoms with Crippen molar-refractivity contribution in [2.75, 3.05) is 5.32 Å². The van der Waals surface area contributed by atoms with Crippen molar-refractivity contribution < 1.29 is 4.79 Å². The molecule has 18 heavy (non-hydrogen) atoms. The number of aromatic nitrogens is 2. The van der Waals surface area contributed by atoms with Crippen molar-refractivity contribution in [3.63, 3.8) is 0 Å². The van der Waals surface area contributed by atoms with Crippen LogP contribution in [0.1, 0.15) is 17.7 Å². The van der Waals surface area contributed by atoms with Gasteiger partial charge in [-0.3, -0.25) is 9.78 Å². The quantitative estimate of drug-likeness (QED) is 0.894. The van der Waals surface area contributed by atoms with Gasteiger partial charge in [-0.2, -0.15) is 0 Å². The topological polar surface area (TPSA) is 54.9 Å². The van der Waals surface area contributed by atoms with Crippen LogP contribution in [0, 0.1) is 6.92 Å². The van der Waals surface area contributed by atoms with E-state index in [4.69, 9.17) is 0 Å². The van der Waals surface area contributed by atoms with Gasteiger partial charge in [-0.1, -0.05) is 12.1 Å². The molecule has 92 valence electrons. The minimum Gasteiger partial charge on any atom is -0.311 e. The number of rotatable bonds is 4. The number of aryl methyl sites for hydroxylation is 2. The Bertz CT molecular complexity index is 508. The van der Waals surface area contributed by atoms with Gasteiger partial charge in [-0.05, 0) is 37.1 Å². The number of amides is 1. The third-order valence-corrected chi connectivity index (χ3v) is 2.51. The van der Waals surface area contributed by atoms with Crippen molar-refractivity contribution in [2.24, 2.45) is 0 Å². The van der Waals surface area contributed by atoms with E-state index >= 15 is 0 Å². The highest BCUT2D eigenvalue weighted by Crippen LogP contribution is 2.05. The van der Waals surface area contributed by atoms with Crippen LogP contribution in [0.4, 0.5) is 5.82 Å². The van der Waals surface area contributed by atoms with Gasteiger partial charge >= 0.3 is 0 Å². The molecule has 4 nitrogen and oxygen atoms in total. The second-order valence-electron chi connectivity index (χ2n) is 4.09. The molecule has 0 saturated heterocycles. The lowest BCUT2D eigenvalue weighted by molar-refractivity contribution is -0.116. The molecule has 0 atom stereocenters. The van der Waals surface area contributed by atoms with Gasteiger partial charge in [-0.15, -0.1) is 0 Å². The van der Waals surface area contributed by atoms with E-state index < -0.39 is 0 Å². The standard InChI is InChI=1S/C14H15N3O/c1-11-5-7-13(16-10-11)17-14(18)8-6-12-4-2-3-9-15-12/h2-5,7,9-10H,6,8H2,1H3,(H,16,17,18). The molecule has 0 bridgehead atoms. The summed E-state index contributed by atoms with van der Waals surface area (Å²) >= 11 is 0. The summed E-state index contributed by atoms with van der Waals surface area (Å²) in [6.07, 6.45) is 4.51. The highest BCUT2D eigenvalue weighted by Gasteiger charge is 2.04. The molecular weight excluding hydrogens is 226 g/mol. The Labute approximate surface area is 106 Å². The van der Waals surface area contributed by atoms with Gasteiger partial charge in [0, 0.05) is 24.5 Å². The molecule has 0 fully saturated rings. The van der Waals surface area contributed by atoms with Crippen LogP contribution in [0.25, 0.3) is 0 Å². The van der Waals surface area contributed by atoms with E-state index in [1.165, 1.54) is 0 Å². The Morgan fingerprint density at radius 1 is 1.22 bits per heavy atom. The normalized spacial score (nSPS) is 10.1. The highest BCUT2D eigenvalue weighted by molar-refractivity contribution is 5.89. The van der Waals surface area contributed by atoms with Crippen LogP contribution in [-0.2, 0) is 11.2 Å². The molecule has 0 aliphatic heterocycles. The van der Waals surface area contributed by atoms with Gasteiger partial charge in [0.05, 0.1) is 0 Å². The number of nitrogens with one attached hydrogen (secondary N) is 1. The summed E-state index contributed by atoms with van der Waals surface area (Å²) in [7, 11) is 0. The minimum absolute atomic E-state index is 0.0444. The fourth-order valence-electron chi connectivity index (χ4n) is 1.53. The Balaban J connectivity index is 1.84. The van der Waals surface area contributed by atoms with Crippen LogP contribution in [0.2, 0.25) is 0 Å². The lowest BCUT2D eigenvalue weighted by Gasteiger charge is -2.04. The molecule has 0 radical (unpaired) electrons. The summed E-state index contributed by atoms with van der Waals surface area (Å²) in [5, 5.41) is 2.76. The zero-order valence-electron chi connectivity index (χ0n) is 10.3. The van der Waals surface area contributed by atoms with Crippen molar-refractivity contribution >= 4 is 11.7 Å². The Morgan fingerprint density at radius 3 is 2.78 bits per heavy atom. The fraction of sp³-hybridized carbons (Fsp3) is 0.214. The number of hydrogen-bond donors (Lipinski definition) is 1. The molecule has 2 heterocycles. The molecule has 0 unspecified atom stereocenters. The van der Waals surface area contributed by atoms with Gasteiger partial charge in [0.25, 0.3) is 0 Å². The average Bonchev–Trinajstić information content (AvgIpc) is 2.40. The molecular formula is C14H15N3O. The van der Waals surface area contributed by atoms with E-state index in [0.29, 0.717) is 18.7 Å². The SMILES string of the molecule is Cc1ccc(NC(=O)CCc2ccccn2)nc1. The molecule has 0 spiro atoms. The van der Waals surface area contributed by atoms with Gasteiger partial charge in [0.1, 0.15) is 5.82 Å². The summed E-state index contributed by atoms with van der Waals surface area (Å²) in [5.41, 5.74) is 1.99. The van der Waals surface area contributed by atoms with Crippen molar-refractivity contribution in [1.29, 1.82) is 0 Å². The lowest BCUT2D eigenvalue weighted by Crippen LogP contribution is -2.13. The molecule has 1 N–H and O–H groups in total. The zero-order chi connectivity index (χ0) is 12.8. The second kappa shape index (κ2) is 5.91. The molecule has 2 rings (SSSR count). The van der Waals surface area contributed by atoms with Gasteiger partial charge < -0.3 is 5.32 Å². The molecule has 0 saturated carbocycles. The van der Waals surface area contributed by atoms with Crippen molar-refractivity contribution in [1.82, 2.24) is 9.97 Å². The minimum atomic E-state index is -0.0444. The average molecular weight is 241 g/mol. The van der Waals surface area contributed by atoms with Crippen LogP contribution < -0.4 is 5.32 Å². The second-order valence-corrected chi connectivity index (χ2v) is 4.09. The van der Waals surface area contributed by atoms with E-state index in [9.17, 15) is 4.79 Å². The predicted molar refractivity (Wildman–Crippen MR) is 70.2 cm³/mol. The summed E-state index contributed by atoms with van der Waals surface area (Å²) in [4.78, 5) is 20.0. The molecule has 2 aromatic rings. The Morgan fingerprint density at radius 2 is 2.11 bits per heavy atom. The first-order chi connectivity index (χ1) is 8.74. The van der Waals surface area contributed by atoms with Crippen LogP contribution in [0.15, 0.2) is 42.7 Å². The summed E-state index contributed by atoms with van der Waals surface area (Å²) in [6.45, 7) is 1.96. The van der Waals surface area contributed by atoms with E-state index in [2.05, 4.69) is 15.3 Å². The highest BCUT2D eigenvalue weighted by atomic mass is 16.1. The van der Waals surface area contributed by atoms with Crippen LogP contribution in [0.3, 0.4) is 0 Å². The first kappa shape index (κ1) is 12.2. The molecule has 0 aromatic carbocycles. The maximum atomic E-state index is 11.7. The van der Waals surface area contributed by atoms with Gasteiger partial charge in [-0.25, -0.2) is 4.98 Å². The molecule has 0 aliphatic carbocycles.